The van der Waals surface area contributed by atoms with E-state index in [1.54, 1.807) is 22.7 Å². The number of hydrogen-bond acceptors (Lipinski definition) is 5. The summed E-state index contributed by atoms with van der Waals surface area (Å²) in [5.41, 5.74) is -0.556. The lowest BCUT2D eigenvalue weighted by Gasteiger charge is -2.47. The quantitative estimate of drug-likeness (QED) is 0.420. The van der Waals surface area contributed by atoms with Crippen LogP contribution in [0.4, 0.5) is 0 Å². The largest absolute Gasteiger partial charge is 0.481 e. The lowest BCUT2D eigenvalue weighted by atomic mass is 9.66. The molecule has 0 aromatic heterocycles. The molecule has 3 saturated heterocycles. The number of likely N-dealkylation sites (tertiary alicyclic amines) is 1. The average Bonchev–Trinajstić information content (AvgIpc) is 3.31. The second-order valence-corrected chi connectivity index (χ2v) is 14.9. The van der Waals surface area contributed by atoms with Gasteiger partial charge in [-0.25, -0.2) is 0 Å². The zero-order valence-corrected chi connectivity index (χ0v) is 24.1. The summed E-state index contributed by atoms with van der Waals surface area (Å²) >= 11 is 1.55. The number of carbonyl (C=O) groups excluding carboxylic acids is 2. The molecule has 3 fully saturated rings. The van der Waals surface area contributed by atoms with Crippen LogP contribution in [-0.2, 0) is 14.4 Å². The number of amides is 2. The molecule has 3 unspecified atom stereocenters. The van der Waals surface area contributed by atoms with Gasteiger partial charge in [0.25, 0.3) is 0 Å². The smallest absolute Gasteiger partial charge is 0.308 e. The number of fused-ring (bicyclic) bond motifs is 1. The summed E-state index contributed by atoms with van der Waals surface area (Å²) in [6, 6.07) is -1.36. The molecule has 0 aromatic rings. The predicted octanol–water partition coefficient (Wildman–Crippen LogP) is 4.04. The molecule has 2 bridgehead atoms. The Bertz CT molecular complexity index is 897. The molecule has 3 aliphatic heterocycles. The normalized spacial score (nSPS) is 32.7. The summed E-state index contributed by atoms with van der Waals surface area (Å²) in [6.45, 7) is 20.6. The number of hydrogen-bond donors (Lipinski definition) is 2. The molecule has 3 rings (SSSR count). The van der Waals surface area contributed by atoms with E-state index in [0.29, 0.717) is 19.4 Å². The maximum Gasteiger partial charge on any atom is 0.308 e. The number of nitrogens with zero attached hydrogens (tertiary/aromatic N) is 2. The number of aliphatic carboxylic acids is 1. The van der Waals surface area contributed by atoms with E-state index in [4.69, 9.17) is 0 Å². The van der Waals surface area contributed by atoms with Crippen molar-refractivity contribution in [1.82, 2.24) is 9.80 Å². The first-order valence-electron chi connectivity index (χ1n) is 13.3. The fourth-order valence-electron chi connectivity index (χ4n) is 7.54. The van der Waals surface area contributed by atoms with Gasteiger partial charge in [-0.1, -0.05) is 47.6 Å². The van der Waals surface area contributed by atoms with Crippen molar-refractivity contribution in [2.45, 2.75) is 102 Å². The van der Waals surface area contributed by atoms with Gasteiger partial charge in [-0.2, -0.15) is 0 Å². The van der Waals surface area contributed by atoms with Gasteiger partial charge in [0.05, 0.1) is 29.2 Å². The highest BCUT2D eigenvalue weighted by Crippen LogP contribution is 2.69. The Kier molecular flexibility index (Phi) is 8.04. The third-order valence-corrected chi connectivity index (χ3v) is 10.4. The summed E-state index contributed by atoms with van der Waals surface area (Å²) in [5, 5.41) is 20.4. The van der Waals surface area contributed by atoms with Crippen molar-refractivity contribution in [3.8, 4) is 0 Å². The Morgan fingerprint density at radius 1 is 1.28 bits per heavy atom. The molecule has 0 radical (unpaired) electrons. The molecule has 0 aromatic carbocycles. The van der Waals surface area contributed by atoms with Crippen LogP contribution in [-0.4, -0.2) is 78.6 Å². The summed E-state index contributed by atoms with van der Waals surface area (Å²) in [5.74, 6) is -2.78. The van der Waals surface area contributed by atoms with Crippen LogP contribution < -0.4 is 0 Å². The van der Waals surface area contributed by atoms with Crippen LogP contribution in [0.15, 0.2) is 12.7 Å². The molecule has 36 heavy (non-hydrogen) atoms. The van der Waals surface area contributed by atoms with Crippen LogP contribution in [0.3, 0.4) is 0 Å². The first kappa shape index (κ1) is 29.0. The molecule has 7 atom stereocenters. The third-order valence-electron chi connectivity index (χ3n) is 8.32. The van der Waals surface area contributed by atoms with E-state index >= 15 is 0 Å². The van der Waals surface area contributed by atoms with E-state index in [-0.39, 0.29) is 40.9 Å². The van der Waals surface area contributed by atoms with Gasteiger partial charge < -0.3 is 20.0 Å². The number of thioether (sulfide) groups is 1. The van der Waals surface area contributed by atoms with Crippen LogP contribution >= 0.6 is 11.8 Å². The van der Waals surface area contributed by atoms with Crippen LogP contribution in [0.5, 0.6) is 0 Å². The van der Waals surface area contributed by atoms with Gasteiger partial charge in [0.2, 0.25) is 11.8 Å². The van der Waals surface area contributed by atoms with Crippen LogP contribution in [0.25, 0.3) is 0 Å². The number of carboxylic acid groups (broad SMARTS) is 1. The fourth-order valence-corrected chi connectivity index (χ4v) is 9.94. The van der Waals surface area contributed by atoms with Crippen molar-refractivity contribution in [1.29, 1.82) is 0 Å². The van der Waals surface area contributed by atoms with Crippen LogP contribution in [0.1, 0.15) is 74.7 Å². The summed E-state index contributed by atoms with van der Waals surface area (Å²) in [7, 11) is 0. The Balaban J connectivity index is 2.18. The van der Waals surface area contributed by atoms with Gasteiger partial charge in [0, 0.05) is 17.3 Å². The van der Waals surface area contributed by atoms with Crippen LogP contribution in [0.2, 0.25) is 0 Å². The van der Waals surface area contributed by atoms with Crippen molar-refractivity contribution in [3.05, 3.63) is 12.7 Å². The molecule has 8 heteroatoms. The maximum atomic E-state index is 14.7. The Hall–Kier alpha value is -1.54. The first-order valence-corrected chi connectivity index (χ1v) is 14.2. The molecule has 204 valence electrons. The highest BCUT2D eigenvalue weighted by Gasteiger charge is 2.77. The predicted molar refractivity (Wildman–Crippen MR) is 144 cm³/mol. The van der Waals surface area contributed by atoms with Gasteiger partial charge in [-0.3, -0.25) is 14.4 Å². The molecule has 3 heterocycles. The Labute approximate surface area is 221 Å². The van der Waals surface area contributed by atoms with Crippen LogP contribution in [0, 0.1) is 29.1 Å². The Morgan fingerprint density at radius 2 is 1.89 bits per heavy atom. The van der Waals surface area contributed by atoms with E-state index in [0.717, 1.165) is 6.42 Å². The molecular formula is C28H46N2O5S. The van der Waals surface area contributed by atoms with Gasteiger partial charge in [-0.05, 0) is 50.4 Å². The third kappa shape index (κ3) is 4.72. The molecule has 2 N–H and O–H groups in total. The van der Waals surface area contributed by atoms with E-state index in [1.165, 1.54) is 0 Å². The molecule has 2 amide bonds. The standard InChI is InChI=1S/C28H46N2O5S/c1-10-11-29(27(8,9)15-26(5,6)7)24(33)22-28-17(4)13-19(36-28)20(25(34)35)21(28)23(32)30(22)18(14-31)12-16(2)3/h10,16-22,31H,1,11-15H2,2-9H3,(H,34,35)/t17?,18-,19+,20-,21+,22?,28?/m1/s1. The van der Waals surface area contributed by atoms with Gasteiger partial charge in [0.15, 0.2) is 0 Å². The van der Waals surface area contributed by atoms with Crippen molar-refractivity contribution in [3.63, 3.8) is 0 Å². The molecule has 3 aliphatic rings. The molecule has 1 spiro atoms. The van der Waals surface area contributed by atoms with Crippen molar-refractivity contribution in [2.75, 3.05) is 13.2 Å². The average molecular weight is 523 g/mol. The zero-order chi connectivity index (χ0) is 27.4. The lowest BCUT2D eigenvalue weighted by molar-refractivity contribution is -0.151. The fraction of sp³-hybridized carbons (Fsp3) is 0.821. The number of carbonyl (C=O) groups is 3. The lowest BCUT2D eigenvalue weighted by Crippen LogP contribution is -2.62. The minimum atomic E-state index is -0.965. The first-order chi connectivity index (χ1) is 16.5. The van der Waals surface area contributed by atoms with E-state index in [2.05, 4.69) is 48.1 Å². The second-order valence-electron chi connectivity index (χ2n) is 13.4. The minimum absolute atomic E-state index is 0.00528. The molecule has 7 nitrogen and oxygen atoms in total. The molecular weight excluding hydrogens is 476 g/mol. The van der Waals surface area contributed by atoms with Crippen molar-refractivity contribution < 1.29 is 24.6 Å². The second kappa shape index (κ2) is 9.97. The monoisotopic (exact) mass is 522 g/mol. The number of rotatable bonds is 10. The maximum absolute atomic E-state index is 14.7. The van der Waals surface area contributed by atoms with Gasteiger partial charge in [-0.15, -0.1) is 18.3 Å². The SMILES string of the molecule is C=CCN(C(=O)C1N([C@@H](CO)CC(C)C)C(=O)[C@@H]2[C@H](C(=O)O)[C@@H]3CC(C)C12S3)C(C)(C)CC(C)(C)C. The summed E-state index contributed by atoms with van der Waals surface area (Å²) < 4.78 is -0.816. The number of aliphatic hydroxyl groups excluding tert-OH is 1. The zero-order valence-electron chi connectivity index (χ0n) is 23.3. The number of aliphatic hydroxyl groups is 1. The molecule has 0 saturated carbocycles. The van der Waals surface area contributed by atoms with E-state index < -0.39 is 40.2 Å². The summed E-state index contributed by atoms with van der Waals surface area (Å²) in [4.78, 5) is 44.7. The van der Waals surface area contributed by atoms with E-state index in [9.17, 15) is 24.6 Å². The highest BCUT2D eigenvalue weighted by atomic mass is 32.2. The highest BCUT2D eigenvalue weighted by molar-refractivity contribution is 8.02. The minimum Gasteiger partial charge on any atom is -0.481 e. The van der Waals surface area contributed by atoms with Crippen molar-refractivity contribution >= 4 is 29.5 Å². The molecule has 0 aliphatic carbocycles. The van der Waals surface area contributed by atoms with E-state index in [1.807, 2.05) is 18.7 Å². The van der Waals surface area contributed by atoms with Gasteiger partial charge >= 0.3 is 5.97 Å². The topological polar surface area (TPSA) is 98.2 Å². The Morgan fingerprint density at radius 3 is 2.36 bits per heavy atom. The number of carboxylic acids is 1. The van der Waals surface area contributed by atoms with Crippen molar-refractivity contribution in [2.24, 2.45) is 29.1 Å². The van der Waals surface area contributed by atoms with Gasteiger partial charge in [0.1, 0.15) is 6.04 Å². The summed E-state index contributed by atoms with van der Waals surface area (Å²) in [6.07, 6.45) is 3.68.